The molecule has 3 rings (SSSR count). The number of rotatable bonds is 6. The number of oxime groups is 1. The lowest BCUT2D eigenvalue weighted by atomic mass is 9.91. The Kier molecular flexibility index (Phi) is 6.40. The molecule has 148 valence electrons. The quantitative estimate of drug-likeness (QED) is 0.662. The van der Waals surface area contributed by atoms with E-state index in [1.54, 1.807) is 0 Å². The average molecular weight is 399 g/mol. The van der Waals surface area contributed by atoms with Gasteiger partial charge in [-0.2, -0.15) is 0 Å². The van der Waals surface area contributed by atoms with Crippen LogP contribution in [-0.4, -0.2) is 29.2 Å². The van der Waals surface area contributed by atoms with Crippen molar-refractivity contribution in [1.29, 1.82) is 0 Å². The third kappa shape index (κ3) is 5.59. The molecular formula is C23H27ClN2O2. The van der Waals surface area contributed by atoms with Gasteiger partial charge in [-0.05, 0) is 17.0 Å². The Morgan fingerprint density at radius 3 is 2.50 bits per heavy atom. The lowest BCUT2D eigenvalue weighted by molar-refractivity contribution is -0.135. The van der Waals surface area contributed by atoms with Crippen LogP contribution in [-0.2, 0) is 16.2 Å². The first-order valence-electron chi connectivity index (χ1n) is 9.61. The van der Waals surface area contributed by atoms with Gasteiger partial charge in [-0.1, -0.05) is 86.1 Å². The van der Waals surface area contributed by atoms with E-state index >= 15 is 0 Å². The molecule has 28 heavy (non-hydrogen) atoms. The first-order valence-corrected chi connectivity index (χ1v) is 9.99. The number of hydrogen-bond acceptors (Lipinski definition) is 3. The van der Waals surface area contributed by atoms with Gasteiger partial charge in [-0.15, -0.1) is 0 Å². The predicted octanol–water partition coefficient (Wildman–Crippen LogP) is 5.30. The van der Waals surface area contributed by atoms with Crippen molar-refractivity contribution in [1.82, 2.24) is 4.90 Å². The van der Waals surface area contributed by atoms with Crippen molar-refractivity contribution < 1.29 is 9.63 Å². The van der Waals surface area contributed by atoms with E-state index in [4.69, 9.17) is 16.4 Å². The number of nitrogens with zero attached hydrogens (tertiary/aromatic N) is 2. The van der Waals surface area contributed by atoms with Gasteiger partial charge in [0.15, 0.2) is 6.10 Å². The molecule has 1 unspecified atom stereocenters. The van der Waals surface area contributed by atoms with Crippen LogP contribution in [0.15, 0.2) is 59.8 Å². The number of amides is 1. The fourth-order valence-electron chi connectivity index (χ4n) is 3.25. The first kappa shape index (κ1) is 20.4. The van der Waals surface area contributed by atoms with Crippen molar-refractivity contribution in [2.45, 2.75) is 46.3 Å². The summed E-state index contributed by atoms with van der Waals surface area (Å²) in [6.07, 6.45) is 0.960. The highest BCUT2D eigenvalue weighted by molar-refractivity contribution is 6.34. The fraction of sp³-hybridized carbons (Fsp3) is 0.391. The van der Waals surface area contributed by atoms with E-state index in [1.807, 2.05) is 59.5 Å². The second-order valence-electron chi connectivity index (χ2n) is 8.45. The maximum atomic E-state index is 13.0. The molecule has 2 aromatic carbocycles. The van der Waals surface area contributed by atoms with E-state index in [0.29, 0.717) is 31.0 Å². The molecule has 4 nitrogen and oxygen atoms in total. The Balaban J connectivity index is 1.69. The Morgan fingerprint density at radius 2 is 1.82 bits per heavy atom. The molecule has 0 N–H and O–H groups in total. The van der Waals surface area contributed by atoms with Crippen LogP contribution in [0.1, 0.15) is 44.7 Å². The van der Waals surface area contributed by atoms with Crippen LogP contribution in [0, 0.1) is 5.41 Å². The van der Waals surface area contributed by atoms with Gasteiger partial charge in [-0.3, -0.25) is 4.79 Å². The van der Waals surface area contributed by atoms with Gasteiger partial charge in [0.25, 0.3) is 0 Å². The molecule has 0 radical (unpaired) electrons. The highest BCUT2D eigenvalue weighted by Gasteiger charge is 2.29. The Hall–Kier alpha value is -2.33. The van der Waals surface area contributed by atoms with Crippen molar-refractivity contribution in [2.24, 2.45) is 10.6 Å². The smallest absolute Gasteiger partial charge is 0.223 e. The maximum Gasteiger partial charge on any atom is 0.223 e. The SMILES string of the molecule is CC(C)(C)CC(=O)N(Cc1ccccc1)CC1CC(c2ccccc2Cl)=NO1. The first-order chi connectivity index (χ1) is 13.3. The molecule has 1 aliphatic rings. The monoisotopic (exact) mass is 398 g/mol. The Labute approximate surface area is 172 Å². The molecule has 0 aromatic heterocycles. The molecule has 0 fully saturated rings. The van der Waals surface area contributed by atoms with Gasteiger partial charge in [0.1, 0.15) is 0 Å². The van der Waals surface area contributed by atoms with Crippen molar-refractivity contribution in [3.05, 3.63) is 70.7 Å². The number of halogens is 1. The van der Waals surface area contributed by atoms with Gasteiger partial charge < -0.3 is 9.74 Å². The summed E-state index contributed by atoms with van der Waals surface area (Å²) in [5, 5.41) is 4.90. The zero-order valence-electron chi connectivity index (χ0n) is 16.7. The van der Waals surface area contributed by atoms with Crippen molar-refractivity contribution >= 4 is 23.2 Å². The summed E-state index contributed by atoms with van der Waals surface area (Å²) < 4.78 is 0. The Morgan fingerprint density at radius 1 is 1.14 bits per heavy atom. The van der Waals surface area contributed by atoms with Crippen molar-refractivity contribution in [2.75, 3.05) is 6.54 Å². The van der Waals surface area contributed by atoms with E-state index in [1.165, 1.54) is 0 Å². The molecule has 0 aliphatic carbocycles. The van der Waals surface area contributed by atoms with E-state index in [-0.39, 0.29) is 17.4 Å². The largest absolute Gasteiger partial charge is 0.390 e. The van der Waals surface area contributed by atoms with E-state index in [9.17, 15) is 4.79 Å². The van der Waals surface area contributed by atoms with Gasteiger partial charge in [0, 0.05) is 30.0 Å². The summed E-state index contributed by atoms with van der Waals surface area (Å²) in [7, 11) is 0. The molecule has 1 aliphatic heterocycles. The van der Waals surface area contributed by atoms with Gasteiger partial charge in [0.2, 0.25) is 5.91 Å². The highest BCUT2D eigenvalue weighted by atomic mass is 35.5. The van der Waals surface area contributed by atoms with Gasteiger partial charge in [0.05, 0.1) is 12.3 Å². The summed E-state index contributed by atoms with van der Waals surface area (Å²) in [6, 6.07) is 17.7. The standard InChI is InChI=1S/C23H27ClN2O2/c1-23(2,3)14-22(27)26(15-17-9-5-4-6-10-17)16-18-13-21(25-28-18)19-11-7-8-12-20(19)24/h4-12,18H,13-16H2,1-3H3. The van der Waals surface area contributed by atoms with E-state index < -0.39 is 0 Å². The molecule has 0 saturated heterocycles. The minimum absolute atomic E-state index is 0.0677. The topological polar surface area (TPSA) is 41.9 Å². The van der Waals surface area contributed by atoms with E-state index in [0.717, 1.165) is 16.8 Å². The molecular weight excluding hydrogens is 372 g/mol. The number of carbonyl (C=O) groups excluding carboxylic acids is 1. The predicted molar refractivity (Wildman–Crippen MR) is 113 cm³/mol. The minimum atomic E-state index is -0.168. The number of hydrogen-bond donors (Lipinski definition) is 0. The fourth-order valence-corrected chi connectivity index (χ4v) is 3.50. The van der Waals surface area contributed by atoms with Crippen LogP contribution in [0.5, 0.6) is 0 Å². The maximum absolute atomic E-state index is 13.0. The minimum Gasteiger partial charge on any atom is -0.390 e. The second-order valence-corrected chi connectivity index (χ2v) is 8.85. The summed E-state index contributed by atoms with van der Waals surface area (Å²) in [4.78, 5) is 20.5. The van der Waals surface area contributed by atoms with Crippen LogP contribution in [0.4, 0.5) is 0 Å². The zero-order chi connectivity index (χ0) is 20.1. The van der Waals surface area contributed by atoms with Crippen LogP contribution >= 0.6 is 11.6 Å². The summed E-state index contributed by atoms with van der Waals surface area (Å²) >= 11 is 6.29. The molecule has 1 atom stereocenters. The van der Waals surface area contributed by atoms with Crippen LogP contribution in [0.2, 0.25) is 5.02 Å². The van der Waals surface area contributed by atoms with Crippen molar-refractivity contribution in [3.8, 4) is 0 Å². The van der Waals surface area contributed by atoms with E-state index in [2.05, 4.69) is 25.9 Å². The van der Waals surface area contributed by atoms with Crippen LogP contribution in [0.3, 0.4) is 0 Å². The highest BCUT2D eigenvalue weighted by Crippen LogP contribution is 2.25. The van der Waals surface area contributed by atoms with Crippen LogP contribution < -0.4 is 0 Å². The second kappa shape index (κ2) is 8.78. The normalized spacial score (nSPS) is 16.4. The summed E-state index contributed by atoms with van der Waals surface area (Å²) in [6.45, 7) is 7.31. The number of carbonyl (C=O) groups is 1. The van der Waals surface area contributed by atoms with Gasteiger partial charge in [-0.25, -0.2) is 0 Å². The third-order valence-electron chi connectivity index (χ3n) is 4.59. The lowest BCUT2D eigenvalue weighted by Crippen LogP contribution is -2.38. The summed E-state index contributed by atoms with van der Waals surface area (Å²) in [5.41, 5.74) is 2.76. The molecule has 1 amide bonds. The van der Waals surface area contributed by atoms with Crippen LogP contribution in [0.25, 0.3) is 0 Å². The molecule has 1 heterocycles. The molecule has 0 saturated carbocycles. The Bertz CT molecular complexity index is 843. The van der Waals surface area contributed by atoms with Crippen molar-refractivity contribution in [3.63, 3.8) is 0 Å². The lowest BCUT2D eigenvalue weighted by Gasteiger charge is -2.28. The molecule has 0 bridgehead atoms. The molecule has 2 aromatic rings. The third-order valence-corrected chi connectivity index (χ3v) is 4.92. The number of benzene rings is 2. The summed E-state index contributed by atoms with van der Waals surface area (Å²) in [5.74, 6) is 0.131. The molecule has 0 spiro atoms. The zero-order valence-corrected chi connectivity index (χ0v) is 17.4. The molecule has 5 heteroatoms. The van der Waals surface area contributed by atoms with Gasteiger partial charge >= 0.3 is 0 Å². The average Bonchev–Trinajstić information content (AvgIpc) is 3.09.